The van der Waals surface area contributed by atoms with E-state index >= 15 is 0 Å². The number of aryl methyl sites for hydroxylation is 1. The summed E-state index contributed by atoms with van der Waals surface area (Å²) in [6.45, 7) is 6.98. The number of alkyl carbamates (subject to hydrolysis) is 1. The molecule has 1 aliphatic rings. The first-order valence-electron chi connectivity index (χ1n) is 8.14. The van der Waals surface area contributed by atoms with Crippen LogP contribution in [0.4, 0.5) is 4.79 Å². The quantitative estimate of drug-likeness (QED) is 0.871. The molecule has 0 atom stereocenters. The van der Waals surface area contributed by atoms with Crippen molar-refractivity contribution in [3.63, 3.8) is 0 Å². The lowest BCUT2D eigenvalue weighted by atomic mass is 9.96. The van der Waals surface area contributed by atoms with Crippen LogP contribution in [0.25, 0.3) is 0 Å². The van der Waals surface area contributed by atoms with Gasteiger partial charge in [-0.05, 0) is 52.0 Å². The third-order valence-electron chi connectivity index (χ3n) is 3.63. The number of carbonyl (C=O) groups is 2. The maximum Gasteiger partial charge on any atom is 0.408 e. The van der Waals surface area contributed by atoms with Gasteiger partial charge >= 0.3 is 6.09 Å². The summed E-state index contributed by atoms with van der Waals surface area (Å²) in [5.41, 5.74) is -1.16. The minimum Gasteiger partial charge on any atom is -0.444 e. The van der Waals surface area contributed by atoms with E-state index in [9.17, 15) is 18.0 Å². The van der Waals surface area contributed by atoms with Gasteiger partial charge in [-0.15, -0.1) is 0 Å². The molecule has 1 aromatic rings. The molecule has 0 aromatic heterocycles. The lowest BCUT2D eigenvalue weighted by Crippen LogP contribution is -2.52. The van der Waals surface area contributed by atoms with Gasteiger partial charge < -0.3 is 10.1 Å². The fourth-order valence-electron chi connectivity index (χ4n) is 2.43. The highest BCUT2D eigenvalue weighted by molar-refractivity contribution is 7.91. The van der Waals surface area contributed by atoms with Crippen molar-refractivity contribution in [3.8, 4) is 0 Å². The van der Waals surface area contributed by atoms with Crippen LogP contribution in [-0.4, -0.2) is 37.2 Å². The van der Waals surface area contributed by atoms with Crippen LogP contribution in [0, 0.1) is 6.92 Å². The van der Waals surface area contributed by atoms with Gasteiger partial charge in [0.15, 0.2) is 15.6 Å². The van der Waals surface area contributed by atoms with Crippen molar-refractivity contribution in [3.05, 3.63) is 54.1 Å². The molecule has 6 nitrogen and oxygen atoms in total. The number of ether oxygens (including phenoxy) is 1. The Bertz CT molecular complexity index is 842. The molecule has 1 amide bonds. The number of ketones is 1. The van der Waals surface area contributed by atoms with Crippen LogP contribution in [0.3, 0.4) is 0 Å². The minimum absolute atomic E-state index is 0.146. The second-order valence-corrected chi connectivity index (χ2v) is 9.30. The molecule has 0 radical (unpaired) electrons. The van der Waals surface area contributed by atoms with Gasteiger partial charge in [-0.2, -0.15) is 0 Å². The molecule has 26 heavy (non-hydrogen) atoms. The molecule has 0 bridgehead atoms. The summed E-state index contributed by atoms with van der Waals surface area (Å²) < 4.78 is 30.9. The molecule has 1 aliphatic carbocycles. The highest BCUT2D eigenvalue weighted by atomic mass is 32.2. The normalized spacial score (nSPS) is 16.4. The van der Waals surface area contributed by atoms with E-state index in [0.717, 1.165) is 5.56 Å². The van der Waals surface area contributed by atoms with E-state index in [1.54, 1.807) is 32.9 Å². The largest absolute Gasteiger partial charge is 0.444 e. The van der Waals surface area contributed by atoms with Crippen molar-refractivity contribution < 1.29 is 22.7 Å². The number of hydrogen-bond acceptors (Lipinski definition) is 5. The lowest BCUT2D eigenvalue weighted by molar-refractivity contribution is -0.110. The maximum absolute atomic E-state index is 12.8. The van der Waals surface area contributed by atoms with Gasteiger partial charge in [0, 0.05) is 0 Å². The molecule has 0 unspecified atom stereocenters. The molecule has 0 heterocycles. The Labute approximate surface area is 153 Å². The molecule has 0 aliphatic heterocycles. The number of benzene rings is 1. The summed E-state index contributed by atoms with van der Waals surface area (Å²) in [4.78, 5) is 23.8. The third-order valence-corrected chi connectivity index (χ3v) is 5.48. The average molecular weight is 377 g/mol. The Kier molecular flexibility index (Phi) is 5.41. The van der Waals surface area contributed by atoms with E-state index < -0.39 is 32.8 Å². The Morgan fingerprint density at radius 2 is 1.65 bits per heavy atom. The number of nitrogens with one attached hydrogen (secondary N) is 1. The highest BCUT2D eigenvalue weighted by Crippen LogP contribution is 2.23. The van der Waals surface area contributed by atoms with Crippen molar-refractivity contribution in [1.82, 2.24) is 5.32 Å². The van der Waals surface area contributed by atoms with Crippen LogP contribution >= 0.6 is 0 Å². The van der Waals surface area contributed by atoms with Gasteiger partial charge in [0.05, 0.1) is 16.2 Å². The highest BCUT2D eigenvalue weighted by Gasteiger charge is 2.36. The van der Waals surface area contributed by atoms with Gasteiger partial charge in [0.2, 0.25) is 0 Å². The molecule has 0 saturated carbocycles. The number of hydrogen-bond donors (Lipinski definition) is 1. The fraction of sp³-hybridized carbons (Fsp3) is 0.368. The topological polar surface area (TPSA) is 89.5 Å². The molecule has 7 heteroatoms. The SMILES string of the molecule is Cc1ccc(S(=O)(=O)CC2(NC(=O)OC(C)(C)C)C=CC(=O)C=C2)cc1. The molecule has 1 aromatic carbocycles. The number of allylic oxidation sites excluding steroid dienone is 2. The molecule has 1 N–H and O–H groups in total. The Hall–Kier alpha value is -2.41. The summed E-state index contributed by atoms with van der Waals surface area (Å²) in [5.74, 6) is -0.706. The van der Waals surface area contributed by atoms with Crippen molar-refractivity contribution in [2.45, 2.75) is 43.7 Å². The summed E-state index contributed by atoms with van der Waals surface area (Å²) in [5, 5.41) is 2.58. The van der Waals surface area contributed by atoms with E-state index in [1.807, 2.05) is 6.92 Å². The average Bonchev–Trinajstić information content (AvgIpc) is 2.48. The number of rotatable bonds is 4. The molecular weight excluding hydrogens is 354 g/mol. The van der Waals surface area contributed by atoms with Crippen molar-refractivity contribution in [1.29, 1.82) is 0 Å². The second kappa shape index (κ2) is 7.07. The van der Waals surface area contributed by atoms with Crippen molar-refractivity contribution in [2.24, 2.45) is 0 Å². The van der Waals surface area contributed by atoms with E-state index in [-0.39, 0.29) is 10.7 Å². The molecule has 0 saturated heterocycles. The smallest absolute Gasteiger partial charge is 0.408 e. The lowest BCUT2D eigenvalue weighted by Gasteiger charge is -2.31. The monoisotopic (exact) mass is 377 g/mol. The molecular formula is C19H23NO5S. The molecule has 0 spiro atoms. The molecule has 140 valence electrons. The predicted octanol–water partition coefficient (Wildman–Crippen LogP) is 2.73. The Morgan fingerprint density at radius 3 is 2.15 bits per heavy atom. The van der Waals surface area contributed by atoms with Crippen LogP contribution in [0.1, 0.15) is 26.3 Å². The zero-order valence-corrected chi connectivity index (χ0v) is 16.1. The first kappa shape index (κ1) is 19.9. The van der Waals surface area contributed by atoms with Gasteiger partial charge in [-0.3, -0.25) is 4.79 Å². The van der Waals surface area contributed by atoms with Crippen LogP contribution < -0.4 is 5.32 Å². The maximum atomic E-state index is 12.8. The first-order chi connectivity index (χ1) is 11.9. The van der Waals surface area contributed by atoms with Gasteiger partial charge in [-0.1, -0.05) is 29.8 Å². The van der Waals surface area contributed by atoms with E-state index in [2.05, 4.69) is 5.32 Å². The zero-order chi connectivity index (χ0) is 19.6. The summed E-state index contributed by atoms with van der Waals surface area (Å²) >= 11 is 0. The van der Waals surface area contributed by atoms with Crippen LogP contribution in [0.15, 0.2) is 53.5 Å². The number of amides is 1. The number of sulfone groups is 1. The summed E-state index contributed by atoms with van der Waals surface area (Å²) in [6, 6.07) is 6.45. The van der Waals surface area contributed by atoms with E-state index in [0.29, 0.717) is 0 Å². The summed E-state index contributed by atoms with van der Waals surface area (Å²) in [6.07, 6.45) is 4.47. The van der Waals surface area contributed by atoms with Crippen molar-refractivity contribution in [2.75, 3.05) is 5.75 Å². The predicted molar refractivity (Wildman–Crippen MR) is 98.6 cm³/mol. The van der Waals surface area contributed by atoms with E-state index in [4.69, 9.17) is 4.74 Å². The van der Waals surface area contributed by atoms with Gasteiger partial charge in [0.25, 0.3) is 0 Å². The van der Waals surface area contributed by atoms with Gasteiger partial charge in [-0.25, -0.2) is 13.2 Å². The Balaban J connectivity index is 2.32. The third kappa shape index (κ3) is 5.29. The zero-order valence-electron chi connectivity index (χ0n) is 15.3. The standard InChI is InChI=1S/C19H23NO5S/c1-14-5-7-16(8-6-14)26(23,24)13-19(11-9-15(21)10-12-19)20-17(22)25-18(2,3)4/h5-12H,13H2,1-4H3,(H,20,22). The molecule has 0 fully saturated rings. The van der Waals surface area contributed by atoms with Crippen LogP contribution in [0.5, 0.6) is 0 Å². The van der Waals surface area contributed by atoms with E-state index in [1.165, 1.54) is 36.4 Å². The first-order valence-corrected chi connectivity index (χ1v) is 9.79. The van der Waals surface area contributed by atoms with Crippen LogP contribution in [-0.2, 0) is 19.4 Å². The number of carbonyl (C=O) groups excluding carboxylic acids is 2. The molecule has 2 rings (SSSR count). The summed E-state index contributed by atoms with van der Waals surface area (Å²) in [7, 11) is -3.73. The van der Waals surface area contributed by atoms with Crippen LogP contribution in [0.2, 0.25) is 0 Å². The minimum atomic E-state index is -3.73. The van der Waals surface area contributed by atoms with Crippen molar-refractivity contribution >= 4 is 21.7 Å². The second-order valence-electron chi connectivity index (χ2n) is 7.31. The Morgan fingerprint density at radius 1 is 1.12 bits per heavy atom. The fourth-order valence-corrected chi connectivity index (χ4v) is 4.04. The van der Waals surface area contributed by atoms with Gasteiger partial charge in [0.1, 0.15) is 5.60 Å².